The van der Waals surface area contributed by atoms with Gasteiger partial charge in [-0.3, -0.25) is 14.3 Å². The second-order valence-electron chi connectivity index (χ2n) is 8.68. The number of anilines is 2. The van der Waals surface area contributed by atoms with E-state index in [1.54, 1.807) is 24.2 Å². The molecule has 3 aromatic rings. The van der Waals surface area contributed by atoms with Crippen LogP contribution in [0.25, 0.3) is 5.69 Å². The average molecular weight is 437 g/mol. The topological polar surface area (TPSA) is 83.3 Å². The third-order valence-corrected chi connectivity index (χ3v) is 6.63. The largest absolute Gasteiger partial charge is 0.354 e. The van der Waals surface area contributed by atoms with E-state index in [0.29, 0.717) is 18.1 Å². The highest BCUT2D eigenvalue weighted by molar-refractivity contribution is 6.30. The van der Waals surface area contributed by atoms with E-state index in [1.807, 2.05) is 24.4 Å². The minimum atomic E-state index is 0.00500. The number of amides is 1. The summed E-state index contributed by atoms with van der Waals surface area (Å²) in [6, 6.07) is 5.79. The molecule has 1 amide bonds. The van der Waals surface area contributed by atoms with E-state index < -0.39 is 0 Å². The van der Waals surface area contributed by atoms with Crippen LogP contribution >= 0.6 is 11.6 Å². The van der Waals surface area contributed by atoms with Crippen LogP contribution in [0.5, 0.6) is 0 Å². The molecule has 0 N–H and O–H groups in total. The van der Waals surface area contributed by atoms with Gasteiger partial charge in [0.2, 0.25) is 11.9 Å². The molecule has 2 saturated heterocycles. The third kappa shape index (κ3) is 2.95. The number of hydrogen-bond acceptors (Lipinski definition) is 7. The number of fused-ring (bicyclic) bond motifs is 3. The molecular weight excluding hydrogens is 416 g/mol. The molecule has 158 valence electrons. The number of nitrogens with zero attached hydrogens (tertiary/aromatic N) is 8. The van der Waals surface area contributed by atoms with Gasteiger partial charge in [-0.05, 0) is 23.8 Å². The lowest BCUT2D eigenvalue weighted by atomic mass is 9.73. The van der Waals surface area contributed by atoms with Gasteiger partial charge < -0.3 is 14.7 Å². The number of carbonyl (C=O) groups is 1. The second kappa shape index (κ2) is 6.65. The zero-order valence-electron chi connectivity index (χ0n) is 17.1. The van der Waals surface area contributed by atoms with Crippen molar-refractivity contribution >= 4 is 29.3 Å². The molecule has 0 saturated carbocycles. The number of aromatic nitrogens is 5. The minimum absolute atomic E-state index is 0.00500. The fourth-order valence-electron chi connectivity index (χ4n) is 4.90. The molecule has 0 aliphatic carbocycles. The van der Waals surface area contributed by atoms with Crippen LogP contribution in [0.3, 0.4) is 0 Å². The summed E-state index contributed by atoms with van der Waals surface area (Å²) in [5.41, 5.74) is 2.23. The van der Waals surface area contributed by atoms with E-state index in [0.717, 1.165) is 55.0 Å². The maximum atomic E-state index is 12.2. The van der Waals surface area contributed by atoms with Gasteiger partial charge in [0.15, 0.2) is 5.82 Å². The zero-order chi connectivity index (χ0) is 21.2. The molecule has 0 bridgehead atoms. The molecule has 3 aliphatic heterocycles. The predicted octanol–water partition coefficient (Wildman–Crippen LogP) is 1.90. The van der Waals surface area contributed by atoms with Crippen molar-refractivity contribution in [2.45, 2.75) is 20.0 Å². The van der Waals surface area contributed by atoms with Gasteiger partial charge in [0.05, 0.1) is 18.4 Å². The molecule has 2 fully saturated rings. The van der Waals surface area contributed by atoms with Crippen LogP contribution in [-0.4, -0.2) is 61.7 Å². The first-order valence-corrected chi connectivity index (χ1v) is 10.6. The van der Waals surface area contributed by atoms with Crippen LogP contribution < -0.4 is 9.80 Å². The van der Waals surface area contributed by atoms with Crippen molar-refractivity contribution in [1.29, 1.82) is 0 Å². The van der Waals surface area contributed by atoms with Crippen molar-refractivity contribution < 1.29 is 4.79 Å². The Morgan fingerprint density at radius 2 is 1.87 bits per heavy atom. The number of halogens is 1. The van der Waals surface area contributed by atoms with Crippen molar-refractivity contribution in [3.63, 3.8) is 0 Å². The standard InChI is InChI=1S/C21H21ClN8O/c1-14(31)27-8-15-6-16(22)2-3-17(15)30-19(9-27)25-26-20(30)29-12-21(13-29)10-28(11-21)18-7-23-4-5-24-18/h2-7H,8-13H2,1H3. The lowest BCUT2D eigenvalue weighted by Crippen LogP contribution is -2.73. The Labute approximate surface area is 184 Å². The van der Waals surface area contributed by atoms with E-state index in [9.17, 15) is 4.79 Å². The molecule has 3 aliphatic rings. The number of carbonyl (C=O) groups excluding carboxylic acids is 1. The molecule has 5 heterocycles. The SMILES string of the molecule is CC(=O)N1Cc2cc(Cl)ccc2-n2c(nnc2N2CC3(CN(c4cnccn4)C3)C2)C1. The van der Waals surface area contributed by atoms with Gasteiger partial charge in [0, 0.05) is 62.5 Å². The predicted molar refractivity (Wildman–Crippen MR) is 115 cm³/mol. The van der Waals surface area contributed by atoms with Crippen LogP contribution in [-0.2, 0) is 17.9 Å². The van der Waals surface area contributed by atoms with Crippen LogP contribution in [0.4, 0.5) is 11.8 Å². The summed E-state index contributed by atoms with van der Waals surface area (Å²) in [5, 5.41) is 9.61. The zero-order valence-corrected chi connectivity index (χ0v) is 17.8. The normalized spacial score (nSPS) is 18.7. The van der Waals surface area contributed by atoms with Crippen LogP contribution in [0.1, 0.15) is 18.3 Å². The van der Waals surface area contributed by atoms with Crippen LogP contribution in [0.2, 0.25) is 5.02 Å². The average Bonchev–Trinajstić information content (AvgIpc) is 3.02. The Kier molecular flexibility index (Phi) is 3.98. The van der Waals surface area contributed by atoms with Crippen molar-refractivity contribution in [1.82, 2.24) is 29.6 Å². The van der Waals surface area contributed by atoms with E-state index >= 15 is 0 Å². The smallest absolute Gasteiger partial charge is 0.232 e. The van der Waals surface area contributed by atoms with Gasteiger partial charge >= 0.3 is 0 Å². The fourth-order valence-corrected chi connectivity index (χ4v) is 5.09. The first kappa shape index (κ1) is 18.6. The number of benzene rings is 1. The summed E-state index contributed by atoms with van der Waals surface area (Å²) < 4.78 is 2.08. The Morgan fingerprint density at radius 3 is 2.61 bits per heavy atom. The van der Waals surface area contributed by atoms with Gasteiger partial charge in [-0.1, -0.05) is 11.6 Å². The van der Waals surface area contributed by atoms with E-state index in [-0.39, 0.29) is 11.3 Å². The van der Waals surface area contributed by atoms with E-state index in [2.05, 4.69) is 34.5 Å². The first-order chi connectivity index (χ1) is 15.0. The molecule has 2 aromatic heterocycles. The maximum absolute atomic E-state index is 12.2. The van der Waals surface area contributed by atoms with Gasteiger partial charge in [-0.2, -0.15) is 0 Å². The molecule has 1 spiro atoms. The highest BCUT2D eigenvalue weighted by atomic mass is 35.5. The molecule has 9 nitrogen and oxygen atoms in total. The Bertz CT molecular complexity index is 1170. The molecule has 0 radical (unpaired) electrons. The molecule has 10 heteroatoms. The lowest BCUT2D eigenvalue weighted by Gasteiger charge is -2.60. The summed E-state index contributed by atoms with van der Waals surface area (Å²) in [6.45, 7) is 6.28. The molecule has 1 aromatic carbocycles. The van der Waals surface area contributed by atoms with Gasteiger partial charge in [0.1, 0.15) is 5.82 Å². The van der Waals surface area contributed by atoms with Gasteiger partial charge in [-0.15, -0.1) is 10.2 Å². The Hall–Kier alpha value is -3.20. The molecular formula is C21H21ClN8O. The van der Waals surface area contributed by atoms with Crippen molar-refractivity contribution in [3.8, 4) is 5.69 Å². The molecule has 31 heavy (non-hydrogen) atoms. The van der Waals surface area contributed by atoms with Gasteiger partial charge in [-0.25, -0.2) is 4.98 Å². The Morgan fingerprint density at radius 1 is 1.06 bits per heavy atom. The third-order valence-electron chi connectivity index (χ3n) is 6.40. The lowest BCUT2D eigenvalue weighted by molar-refractivity contribution is -0.130. The number of hydrogen-bond donors (Lipinski definition) is 0. The minimum Gasteiger partial charge on any atom is -0.354 e. The van der Waals surface area contributed by atoms with Gasteiger partial charge in [0.25, 0.3) is 0 Å². The summed E-state index contributed by atoms with van der Waals surface area (Å²) >= 11 is 6.26. The molecule has 0 atom stereocenters. The summed E-state index contributed by atoms with van der Waals surface area (Å²) in [4.78, 5) is 27.0. The fraction of sp³-hybridized carbons (Fsp3) is 0.381. The van der Waals surface area contributed by atoms with Crippen molar-refractivity contribution in [3.05, 3.63) is 53.2 Å². The van der Waals surface area contributed by atoms with E-state index in [4.69, 9.17) is 11.6 Å². The van der Waals surface area contributed by atoms with Crippen molar-refractivity contribution in [2.75, 3.05) is 36.0 Å². The Balaban J connectivity index is 1.27. The second-order valence-corrected chi connectivity index (χ2v) is 9.11. The maximum Gasteiger partial charge on any atom is 0.232 e. The summed E-state index contributed by atoms with van der Waals surface area (Å²) in [7, 11) is 0. The van der Waals surface area contributed by atoms with E-state index in [1.165, 1.54) is 0 Å². The van der Waals surface area contributed by atoms with Crippen molar-refractivity contribution in [2.24, 2.45) is 5.41 Å². The number of rotatable bonds is 2. The van der Waals surface area contributed by atoms with Crippen LogP contribution in [0.15, 0.2) is 36.8 Å². The first-order valence-electron chi connectivity index (χ1n) is 10.3. The monoisotopic (exact) mass is 436 g/mol. The highest BCUT2D eigenvalue weighted by Gasteiger charge is 2.53. The summed E-state index contributed by atoms with van der Waals surface area (Å²) in [5.74, 6) is 2.53. The summed E-state index contributed by atoms with van der Waals surface area (Å²) in [6.07, 6.45) is 5.23. The molecule has 6 rings (SSSR count). The highest BCUT2D eigenvalue weighted by Crippen LogP contribution is 2.43. The molecule has 0 unspecified atom stereocenters. The quantitative estimate of drug-likeness (QED) is 0.606. The van der Waals surface area contributed by atoms with Crippen LogP contribution in [0, 0.1) is 5.41 Å².